The van der Waals surface area contributed by atoms with Crippen molar-refractivity contribution in [2.24, 2.45) is 0 Å². The van der Waals surface area contributed by atoms with Crippen LogP contribution in [0.25, 0.3) is 0 Å². The molecule has 1 N–H and O–H groups in total. The fourth-order valence-electron chi connectivity index (χ4n) is 1.55. The molecular weight excluding hydrogens is 361 g/mol. The van der Waals surface area contributed by atoms with Gasteiger partial charge in [0.2, 0.25) is 0 Å². The molecule has 0 heterocycles. The molecule has 5 nitrogen and oxygen atoms in total. The molecule has 6 heteroatoms. The Hall–Kier alpha value is -1.02. The molecular formula is C13H18INO4. The normalized spacial score (nSPS) is 11.8. The molecule has 0 amide bonds. The molecule has 1 unspecified atom stereocenters. The van der Waals surface area contributed by atoms with Crippen LogP contribution in [0.4, 0.5) is 0 Å². The largest absolute Gasteiger partial charge is 0.493 e. The van der Waals surface area contributed by atoms with Crippen LogP contribution < -0.4 is 14.8 Å². The third kappa shape index (κ3) is 4.87. The summed E-state index contributed by atoms with van der Waals surface area (Å²) in [6, 6.07) is 5.72. The molecule has 19 heavy (non-hydrogen) atoms. The summed E-state index contributed by atoms with van der Waals surface area (Å²) in [4.78, 5) is 11.2. The van der Waals surface area contributed by atoms with Gasteiger partial charge >= 0.3 is 5.97 Å². The second kappa shape index (κ2) is 8.21. The molecule has 0 radical (unpaired) electrons. The number of methoxy groups -OCH3 is 3. The van der Waals surface area contributed by atoms with E-state index in [0.717, 1.165) is 5.56 Å². The van der Waals surface area contributed by atoms with Crippen LogP contribution in [0.3, 0.4) is 0 Å². The molecule has 1 aromatic rings. The minimum Gasteiger partial charge on any atom is -0.493 e. The quantitative estimate of drug-likeness (QED) is 0.445. The lowest BCUT2D eigenvalue weighted by Crippen LogP contribution is -2.29. The van der Waals surface area contributed by atoms with Crippen LogP contribution >= 0.6 is 22.6 Å². The van der Waals surface area contributed by atoms with E-state index in [1.54, 1.807) is 14.2 Å². The predicted octanol–water partition coefficient (Wildman–Crippen LogP) is 1.77. The van der Waals surface area contributed by atoms with E-state index in [9.17, 15) is 4.79 Å². The Balaban J connectivity index is 2.52. The van der Waals surface area contributed by atoms with Crippen LogP contribution in [0, 0.1) is 0 Å². The van der Waals surface area contributed by atoms with E-state index in [0.29, 0.717) is 24.6 Å². The molecule has 0 aliphatic heterocycles. The van der Waals surface area contributed by atoms with Gasteiger partial charge in [-0.25, -0.2) is 0 Å². The van der Waals surface area contributed by atoms with E-state index in [1.165, 1.54) is 7.11 Å². The number of carbonyl (C=O) groups is 1. The smallest absolute Gasteiger partial charge is 0.319 e. The van der Waals surface area contributed by atoms with Gasteiger partial charge in [-0.15, -0.1) is 0 Å². The molecule has 1 aromatic carbocycles. The highest BCUT2D eigenvalue weighted by molar-refractivity contribution is 14.1. The standard InChI is InChI=1S/C13H18INO4/c1-17-11-5-4-9(6-12(11)18-2)7-15-8-10(14)13(16)19-3/h4-6,10,15H,7-8H2,1-3H3. The topological polar surface area (TPSA) is 56.8 Å². The van der Waals surface area contributed by atoms with Crippen molar-refractivity contribution >= 4 is 28.6 Å². The Morgan fingerprint density at radius 1 is 1.26 bits per heavy atom. The summed E-state index contributed by atoms with van der Waals surface area (Å²) < 4.78 is 14.9. The Bertz CT molecular complexity index is 425. The third-order valence-electron chi connectivity index (χ3n) is 2.56. The molecule has 0 saturated heterocycles. The second-order valence-electron chi connectivity index (χ2n) is 3.81. The number of rotatable bonds is 7. The van der Waals surface area contributed by atoms with Crippen molar-refractivity contribution in [1.82, 2.24) is 5.32 Å². The number of ether oxygens (including phenoxy) is 3. The number of esters is 1. The Kier molecular flexibility index (Phi) is 6.93. The van der Waals surface area contributed by atoms with E-state index in [2.05, 4.69) is 32.6 Å². The van der Waals surface area contributed by atoms with Gasteiger partial charge in [-0.2, -0.15) is 0 Å². The lowest BCUT2D eigenvalue weighted by Gasteiger charge is -2.11. The van der Waals surface area contributed by atoms with E-state index < -0.39 is 0 Å². The number of nitrogens with one attached hydrogen (secondary N) is 1. The zero-order valence-electron chi connectivity index (χ0n) is 11.2. The summed E-state index contributed by atoms with van der Waals surface area (Å²) in [5.41, 5.74) is 1.06. The summed E-state index contributed by atoms with van der Waals surface area (Å²) in [5.74, 6) is 1.17. The first-order valence-electron chi connectivity index (χ1n) is 5.76. The van der Waals surface area contributed by atoms with Gasteiger partial charge in [-0.1, -0.05) is 28.7 Å². The van der Waals surface area contributed by atoms with E-state index >= 15 is 0 Å². The van der Waals surface area contributed by atoms with Gasteiger partial charge in [0.1, 0.15) is 3.92 Å². The fourth-order valence-corrected chi connectivity index (χ4v) is 2.11. The summed E-state index contributed by atoms with van der Waals surface area (Å²) in [7, 11) is 4.60. The van der Waals surface area contributed by atoms with Crippen molar-refractivity contribution in [3.05, 3.63) is 23.8 Å². The highest BCUT2D eigenvalue weighted by Gasteiger charge is 2.14. The van der Waals surface area contributed by atoms with Gasteiger partial charge in [0.25, 0.3) is 0 Å². The molecule has 106 valence electrons. The SMILES string of the molecule is COC(=O)C(I)CNCc1ccc(OC)c(OC)c1. The van der Waals surface area contributed by atoms with Gasteiger partial charge in [0.15, 0.2) is 11.5 Å². The molecule has 0 aliphatic carbocycles. The van der Waals surface area contributed by atoms with Crippen molar-refractivity contribution in [2.75, 3.05) is 27.9 Å². The minimum absolute atomic E-state index is 0.192. The van der Waals surface area contributed by atoms with Crippen LogP contribution in [-0.4, -0.2) is 37.8 Å². The van der Waals surface area contributed by atoms with Gasteiger partial charge in [0, 0.05) is 13.1 Å². The number of hydrogen-bond donors (Lipinski definition) is 1. The van der Waals surface area contributed by atoms with Gasteiger partial charge in [0.05, 0.1) is 21.3 Å². The first kappa shape index (κ1) is 16.0. The molecule has 1 rings (SSSR count). The van der Waals surface area contributed by atoms with Crippen molar-refractivity contribution in [2.45, 2.75) is 10.5 Å². The van der Waals surface area contributed by atoms with Crippen molar-refractivity contribution in [1.29, 1.82) is 0 Å². The maximum Gasteiger partial charge on any atom is 0.319 e. The molecule has 0 bridgehead atoms. The van der Waals surface area contributed by atoms with Crippen LogP contribution in [-0.2, 0) is 16.1 Å². The molecule has 0 spiro atoms. The first-order chi connectivity index (χ1) is 9.12. The second-order valence-corrected chi connectivity index (χ2v) is 5.31. The maximum atomic E-state index is 11.2. The fraction of sp³-hybridized carbons (Fsp3) is 0.462. The van der Waals surface area contributed by atoms with Gasteiger partial charge in [-0.3, -0.25) is 4.79 Å². The Labute approximate surface area is 126 Å². The van der Waals surface area contributed by atoms with Gasteiger partial charge < -0.3 is 19.5 Å². The summed E-state index contributed by atoms with van der Waals surface area (Å²) in [6.45, 7) is 1.21. The first-order valence-corrected chi connectivity index (χ1v) is 7.00. The highest BCUT2D eigenvalue weighted by Crippen LogP contribution is 2.27. The molecule has 0 aliphatic rings. The summed E-state index contributed by atoms with van der Waals surface area (Å²) >= 11 is 2.05. The molecule has 1 atom stereocenters. The van der Waals surface area contributed by atoms with Crippen LogP contribution in [0.15, 0.2) is 18.2 Å². The Morgan fingerprint density at radius 3 is 2.53 bits per heavy atom. The zero-order chi connectivity index (χ0) is 14.3. The summed E-state index contributed by atoms with van der Waals surface area (Å²) in [5, 5.41) is 3.20. The third-order valence-corrected chi connectivity index (χ3v) is 3.51. The monoisotopic (exact) mass is 379 g/mol. The van der Waals surface area contributed by atoms with E-state index in [4.69, 9.17) is 9.47 Å². The highest BCUT2D eigenvalue weighted by atomic mass is 127. The maximum absolute atomic E-state index is 11.2. The molecule has 0 aromatic heterocycles. The number of benzene rings is 1. The zero-order valence-corrected chi connectivity index (χ0v) is 13.4. The van der Waals surface area contributed by atoms with Crippen molar-refractivity contribution in [3.8, 4) is 11.5 Å². The van der Waals surface area contributed by atoms with E-state index in [1.807, 2.05) is 18.2 Å². The molecule has 0 saturated carbocycles. The lowest BCUT2D eigenvalue weighted by molar-refractivity contribution is -0.139. The number of hydrogen-bond acceptors (Lipinski definition) is 5. The predicted molar refractivity (Wildman–Crippen MR) is 81.1 cm³/mol. The van der Waals surface area contributed by atoms with Gasteiger partial charge in [-0.05, 0) is 17.7 Å². The minimum atomic E-state index is -0.222. The lowest BCUT2D eigenvalue weighted by atomic mass is 10.2. The van der Waals surface area contributed by atoms with E-state index in [-0.39, 0.29) is 9.89 Å². The number of halogens is 1. The average molecular weight is 379 g/mol. The average Bonchev–Trinajstić information content (AvgIpc) is 2.45. The van der Waals surface area contributed by atoms with Crippen LogP contribution in [0.1, 0.15) is 5.56 Å². The number of carbonyl (C=O) groups excluding carboxylic acids is 1. The van der Waals surface area contributed by atoms with Crippen molar-refractivity contribution < 1.29 is 19.0 Å². The Morgan fingerprint density at radius 2 is 1.95 bits per heavy atom. The summed E-state index contributed by atoms with van der Waals surface area (Å²) in [6.07, 6.45) is 0. The van der Waals surface area contributed by atoms with Crippen molar-refractivity contribution in [3.63, 3.8) is 0 Å². The molecule has 0 fully saturated rings. The van der Waals surface area contributed by atoms with Crippen LogP contribution in [0.2, 0.25) is 0 Å². The van der Waals surface area contributed by atoms with Crippen LogP contribution in [0.5, 0.6) is 11.5 Å². The number of alkyl halides is 1.